The van der Waals surface area contributed by atoms with E-state index in [0.29, 0.717) is 17.8 Å². The van der Waals surface area contributed by atoms with Gasteiger partial charge in [0.05, 0.1) is 0 Å². The molecule has 2 aromatic rings. The highest BCUT2D eigenvalue weighted by molar-refractivity contribution is 6.05. The Balaban J connectivity index is 1.42. The average molecular weight is 363 g/mol. The number of nitrogens with one attached hydrogen (secondary N) is 2. The normalized spacial score (nSPS) is 15.2. The van der Waals surface area contributed by atoms with Gasteiger partial charge in [-0.05, 0) is 67.3 Å². The molecule has 0 aromatic heterocycles. The molecule has 2 aromatic carbocycles. The van der Waals surface area contributed by atoms with Crippen LogP contribution in [0.4, 0.5) is 17.1 Å². The minimum atomic E-state index is -0.200. The van der Waals surface area contributed by atoms with Crippen molar-refractivity contribution in [3.8, 4) is 0 Å². The van der Waals surface area contributed by atoms with Crippen molar-refractivity contribution in [1.29, 1.82) is 0 Å². The van der Waals surface area contributed by atoms with E-state index in [1.54, 1.807) is 42.2 Å². The van der Waals surface area contributed by atoms with Gasteiger partial charge >= 0.3 is 0 Å². The van der Waals surface area contributed by atoms with Gasteiger partial charge in [0, 0.05) is 42.0 Å². The number of amides is 3. The Kier molecular flexibility index (Phi) is 4.39. The van der Waals surface area contributed by atoms with Gasteiger partial charge in [-0.25, -0.2) is 0 Å². The number of hydrogen-bond acceptors (Lipinski definition) is 3. The third kappa shape index (κ3) is 3.69. The van der Waals surface area contributed by atoms with Gasteiger partial charge in [-0.3, -0.25) is 14.4 Å². The quantitative estimate of drug-likeness (QED) is 0.876. The monoisotopic (exact) mass is 363 g/mol. The fourth-order valence-corrected chi connectivity index (χ4v) is 3.30. The number of carbonyl (C=O) groups is 3. The fraction of sp³-hybridized carbons (Fsp3) is 0.286. The van der Waals surface area contributed by atoms with E-state index in [0.717, 1.165) is 36.2 Å². The molecule has 1 aliphatic carbocycles. The first-order valence-electron chi connectivity index (χ1n) is 9.14. The molecular formula is C21H21N3O3. The lowest BCUT2D eigenvalue weighted by atomic mass is 10.1. The van der Waals surface area contributed by atoms with Gasteiger partial charge in [-0.15, -0.1) is 0 Å². The predicted octanol–water partition coefficient (Wildman–Crippen LogP) is 3.20. The molecule has 0 bridgehead atoms. The zero-order valence-corrected chi connectivity index (χ0v) is 15.1. The second-order valence-corrected chi connectivity index (χ2v) is 7.06. The Hall–Kier alpha value is -3.15. The van der Waals surface area contributed by atoms with E-state index in [4.69, 9.17) is 0 Å². The van der Waals surface area contributed by atoms with Crippen LogP contribution in [0.5, 0.6) is 0 Å². The summed E-state index contributed by atoms with van der Waals surface area (Å²) < 4.78 is 0. The Morgan fingerprint density at radius 1 is 0.963 bits per heavy atom. The van der Waals surface area contributed by atoms with Crippen LogP contribution < -0.4 is 15.5 Å². The highest BCUT2D eigenvalue weighted by atomic mass is 16.2. The maximum absolute atomic E-state index is 12.5. The van der Waals surface area contributed by atoms with Gasteiger partial charge in [0.2, 0.25) is 11.8 Å². The summed E-state index contributed by atoms with van der Waals surface area (Å²) >= 11 is 0. The Morgan fingerprint density at radius 2 is 1.63 bits per heavy atom. The van der Waals surface area contributed by atoms with Crippen molar-refractivity contribution < 1.29 is 14.4 Å². The van der Waals surface area contributed by atoms with Crippen LogP contribution in [-0.4, -0.2) is 24.3 Å². The van der Waals surface area contributed by atoms with Crippen LogP contribution in [0.2, 0.25) is 0 Å². The largest absolute Gasteiger partial charge is 0.326 e. The number of fused-ring (bicyclic) bond motifs is 1. The Labute approximate surface area is 157 Å². The molecule has 2 aliphatic rings. The smallest absolute Gasteiger partial charge is 0.255 e. The van der Waals surface area contributed by atoms with E-state index < -0.39 is 0 Å². The van der Waals surface area contributed by atoms with Crippen molar-refractivity contribution in [3.63, 3.8) is 0 Å². The van der Waals surface area contributed by atoms with Crippen LogP contribution in [-0.2, 0) is 16.0 Å². The van der Waals surface area contributed by atoms with Crippen LogP contribution in [0.3, 0.4) is 0 Å². The van der Waals surface area contributed by atoms with Crippen LogP contribution in [0.15, 0.2) is 42.5 Å². The van der Waals surface area contributed by atoms with Gasteiger partial charge in [0.25, 0.3) is 5.91 Å². The van der Waals surface area contributed by atoms with E-state index >= 15 is 0 Å². The van der Waals surface area contributed by atoms with Crippen LogP contribution in [0.1, 0.15) is 35.7 Å². The minimum absolute atomic E-state index is 0.0137. The Morgan fingerprint density at radius 3 is 2.26 bits per heavy atom. The molecule has 0 unspecified atom stereocenters. The maximum atomic E-state index is 12.5. The van der Waals surface area contributed by atoms with Gasteiger partial charge in [0.1, 0.15) is 0 Å². The summed E-state index contributed by atoms with van der Waals surface area (Å²) in [6.45, 7) is 2.20. The zero-order chi connectivity index (χ0) is 19.0. The van der Waals surface area contributed by atoms with Crippen LogP contribution >= 0.6 is 0 Å². The standard InChI is InChI=1S/C21H21N3O3/c1-13(25)24-11-10-15-12-16(4-9-19(15)24)21(27)23-18-7-5-17(6-8-18)22-20(26)14-2-3-14/h4-9,12,14H,2-3,10-11H2,1H3,(H,22,26)(H,23,27). The average Bonchev–Trinajstić information content (AvgIpc) is 3.42. The molecule has 1 saturated carbocycles. The van der Waals surface area contributed by atoms with E-state index in [2.05, 4.69) is 10.6 Å². The number of hydrogen-bond donors (Lipinski definition) is 2. The molecule has 0 spiro atoms. The van der Waals surface area contributed by atoms with Crippen LogP contribution in [0.25, 0.3) is 0 Å². The lowest BCUT2D eigenvalue weighted by molar-refractivity contribution is -0.117. The molecule has 1 fully saturated rings. The molecule has 4 rings (SSSR count). The molecule has 6 heteroatoms. The van der Waals surface area contributed by atoms with E-state index in [9.17, 15) is 14.4 Å². The third-order valence-corrected chi connectivity index (χ3v) is 4.98. The van der Waals surface area contributed by atoms with Crippen molar-refractivity contribution in [2.24, 2.45) is 5.92 Å². The maximum Gasteiger partial charge on any atom is 0.255 e. The van der Waals surface area contributed by atoms with Crippen molar-refractivity contribution in [3.05, 3.63) is 53.6 Å². The van der Waals surface area contributed by atoms with E-state index in [1.807, 2.05) is 12.1 Å². The predicted molar refractivity (Wildman–Crippen MR) is 104 cm³/mol. The van der Waals surface area contributed by atoms with Crippen molar-refractivity contribution in [1.82, 2.24) is 0 Å². The molecule has 27 heavy (non-hydrogen) atoms. The first-order valence-corrected chi connectivity index (χ1v) is 9.14. The van der Waals surface area contributed by atoms with E-state index in [1.165, 1.54) is 0 Å². The van der Waals surface area contributed by atoms with Gasteiger partial charge in [-0.1, -0.05) is 0 Å². The Bertz CT molecular complexity index is 917. The van der Waals surface area contributed by atoms with Gasteiger partial charge in [0.15, 0.2) is 0 Å². The highest BCUT2D eigenvalue weighted by Crippen LogP contribution is 2.31. The van der Waals surface area contributed by atoms with Crippen molar-refractivity contribution in [2.75, 3.05) is 22.1 Å². The number of rotatable bonds is 4. The summed E-state index contributed by atoms with van der Waals surface area (Å²) in [5, 5.41) is 5.74. The second-order valence-electron chi connectivity index (χ2n) is 7.06. The van der Waals surface area contributed by atoms with E-state index in [-0.39, 0.29) is 23.6 Å². The highest BCUT2D eigenvalue weighted by Gasteiger charge is 2.29. The number of carbonyl (C=O) groups excluding carboxylic acids is 3. The molecule has 2 N–H and O–H groups in total. The summed E-state index contributed by atoms with van der Waals surface area (Å²) in [7, 11) is 0. The van der Waals surface area contributed by atoms with Gasteiger partial charge < -0.3 is 15.5 Å². The summed E-state index contributed by atoms with van der Waals surface area (Å²) in [6.07, 6.45) is 2.68. The lowest BCUT2D eigenvalue weighted by Crippen LogP contribution is -2.25. The lowest BCUT2D eigenvalue weighted by Gasteiger charge is -2.14. The van der Waals surface area contributed by atoms with Gasteiger partial charge in [-0.2, -0.15) is 0 Å². The number of anilines is 3. The molecule has 1 aliphatic heterocycles. The second kappa shape index (κ2) is 6.87. The molecule has 1 heterocycles. The SMILES string of the molecule is CC(=O)N1CCc2cc(C(=O)Nc3ccc(NC(=O)C4CC4)cc3)ccc21. The zero-order valence-electron chi connectivity index (χ0n) is 15.1. The summed E-state index contributed by atoms with van der Waals surface area (Å²) in [6, 6.07) is 12.5. The summed E-state index contributed by atoms with van der Waals surface area (Å²) in [4.78, 5) is 37.7. The number of benzene rings is 2. The third-order valence-electron chi connectivity index (χ3n) is 4.98. The van der Waals surface area contributed by atoms with Crippen LogP contribution in [0, 0.1) is 5.92 Å². The van der Waals surface area contributed by atoms with Crippen molar-refractivity contribution in [2.45, 2.75) is 26.2 Å². The molecule has 0 radical (unpaired) electrons. The molecule has 3 amide bonds. The molecule has 0 atom stereocenters. The summed E-state index contributed by atoms with van der Waals surface area (Å²) in [5.41, 5.74) is 3.85. The molecule has 0 saturated heterocycles. The number of nitrogens with zero attached hydrogens (tertiary/aromatic N) is 1. The minimum Gasteiger partial charge on any atom is -0.326 e. The molecule has 6 nitrogen and oxygen atoms in total. The van der Waals surface area contributed by atoms with Crippen molar-refractivity contribution >= 4 is 34.8 Å². The first kappa shape index (κ1) is 17.3. The fourth-order valence-electron chi connectivity index (χ4n) is 3.30. The summed E-state index contributed by atoms with van der Waals surface area (Å²) in [5.74, 6) is 0.0290. The molecule has 138 valence electrons. The first-order chi connectivity index (χ1) is 13.0. The topological polar surface area (TPSA) is 78.5 Å². The molecular weight excluding hydrogens is 342 g/mol.